The second kappa shape index (κ2) is 7.97. The lowest BCUT2D eigenvalue weighted by Crippen LogP contribution is -2.35. The van der Waals surface area contributed by atoms with Crippen molar-refractivity contribution in [3.63, 3.8) is 0 Å². The first-order valence-electron chi connectivity index (χ1n) is 9.13. The highest BCUT2D eigenvalue weighted by molar-refractivity contribution is 7.17. The fourth-order valence-electron chi connectivity index (χ4n) is 3.45. The first-order valence-corrected chi connectivity index (χ1v) is 9.94. The van der Waals surface area contributed by atoms with Gasteiger partial charge in [0.25, 0.3) is 5.91 Å². The second-order valence-electron chi connectivity index (χ2n) is 6.63. The number of hydrogen-bond donors (Lipinski definition) is 1. The van der Waals surface area contributed by atoms with E-state index < -0.39 is 0 Å². The molecule has 0 saturated heterocycles. The lowest BCUT2D eigenvalue weighted by molar-refractivity contribution is 0.0934. The van der Waals surface area contributed by atoms with E-state index in [0.717, 1.165) is 40.7 Å². The summed E-state index contributed by atoms with van der Waals surface area (Å²) in [6.45, 7) is 4.96. The van der Waals surface area contributed by atoms with Gasteiger partial charge < -0.3 is 9.88 Å². The first-order chi connectivity index (χ1) is 11.7. The summed E-state index contributed by atoms with van der Waals surface area (Å²) < 4.78 is 2.16. The molecule has 0 radical (unpaired) electrons. The van der Waals surface area contributed by atoms with Crippen molar-refractivity contribution in [3.8, 4) is 10.7 Å². The number of aromatic nitrogens is 2. The van der Waals surface area contributed by atoms with Crippen LogP contribution in [0.2, 0.25) is 0 Å². The summed E-state index contributed by atoms with van der Waals surface area (Å²) in [5.41, 5.74) is 1.93. The molecule has 2 aromatic rings. The maximum atomic E-state index is 12.7. The molecular weight excluding hydrogens is 318 g/mol. The summed E-state index contributed by atoms with van der Waals surface area (Å²) in [4.78, 5) is 18.1. The smallest absolute Gasteiger partial charge is 0.263 e. The Morgan fingerprint density at radius 3 is 2.71 bits per heavy atom. The highest BCUT2D eigenvalue weighted by Crippen LogP contribution is 2.29. The van der Waals surface area contributed by atoms with Gasteiger partial charge in [-0.2, -0.15) is 0 Å². The zero-order valence-corrected chi connectivity index (χ0v) is 15.5. The van der Waals surface area contributed by atoms with Crippen molar-refractivity contribution in [2.24, 2.45) is 0 Å². The maximum Gasteiger partial charge on any atom is 0.263 e. The summed E-state index contributed by atoms with van der Waals surface area (Å²) in [5, 5.41) is 4.19. The second-order valence-corrected chi connectivity index (χ2v) is 7.63. The van der Waals surface area contributed by atoms with Gasteiger partial charge >= 0.3 is 0 Å². The Kier molecular flexibility index (Phi) is 5.72. The van der Waals surface area contributed by atoms with Crippen molar-refractivity contribution in [2.75, 3.05) is 0 Å². The zero-order chi connectivity index (χ0) is 16.9. The van der Waals surface area contributed by atoms with Crippen LogP contribution in [0.25, 0.3) is 10.7 Å². The zero-order valence-electron chi connectivity index (χ0n) is 14.7. The van der Waals surface area contributed by atoms with Gasteiger partial charge in [0.1, 0.15) is 9.88 Å². The van der Waals surface area contributed by atoms with E-state index in [-0.39, 0.29) is 5.91 Å². The van der Waals surface area contributed by atoms with Crippen LogP contribution in [-0.4, -0.2) is 21.5 Å². The highest BCUT2D eigenvalue weighted by Gasteiger charge is 2.20. The number of thiazole rings is 1. The van der Waals surface area contributed by atoms with Crippen LogP contribution in [0.4, 0.5) is 0 Å². The van der Waals surface area contributed by atoms with Gasteiger partial charge in [-0.3, -0.25) is 4.79 Å². The Morgan fingerprint density at radius 2 is 2.00 bits per heavy atom. The number of carbonyl (C=O) groups excluding carboxylic acids is 1. The molecular formula is C19H27N3OS. The van der Waals surface area contributed by atoms with Crippen LogP contribution in [0.1, 0.15) is 67.2 Å². The molecule has 1 aliphatic carbocycles. The Morgan fingerprint density at radius 1 is 1.29 bits per heavy atom. The minimum Gasteiger partial charge on any atom is -0.349 e. The van der Waals surface area contributed by atoms with Crippen molar-refractivity contribution in [1.29, 1.82) is 0 Å². The maximum absolute atomic E-state index is 12.7. The molecule has 4 nitrogen and oxygen atoms in total. The number of hydrogen-bond acceptors (Lipinski definition) is 3. The summed E-state index contributed by atoms with van der Waals surface area (Å²) in [6.07, 6.45) is 10.7. The molecule has 0 unspecified atom stereocenters. The molecule has 3 rings (SSSR count). The number of amides is 1. The molecule has 5 heteroatoms. The van der Waals surface area contributed by atoms with Gasteiger partial charge in [-0.1, -0.05) is 32.1 Å². The molecule has 1 saturated carbocycles. The average Bonchev–Trinajstić information content (AvgIpc) is 3.15. The van der Waals surface area contributed by atoms with Gasteiger partial charge in [0.2, 0.25) is 0 Å². The summed E-state index contributed by atoms with van der Waals surface area (Å²) in [7, 11) is 0. The van der Waals surface area contributed by atoms with Gasteiger partial charge in [-0.15, -0.1) is 11.3 Å². The molecule has 1 N–H and O–H groups in total. The lowest BCUT2D eigenvalue weighted by Gasteiger charge is -2.20. The van der Waals surface area contributed by atoms with Crippen molar-refractivity contribution in [1.82, 2.24) is 14.9 Å². The predicted molar refractivity (Wildman–Crippen MR) is 99.5 cm³/mol. The van der Waals surface area contributed by atoms with E-state index in [1.165, 1.54) is 43.4 Å². The molecule has 0 bridgehead atoms. The third kappa shape index (κ3) is 3.89. The fourth-order valence-corrected chi connectivity index (χ4v) is 4.46. The molecule has 0 atom stereocenters. The van der Waals surface area contributed by atoms with Gasteiger partial charge in [0.15, 0.2) is 0 Å². The van der Waals surface area contributed by atoms with Crippen molar-refractivity contribution in [3.05, 3.63) is 28.9 Å². The van der Waals surface area contributed by atoms with Crippen molar-refractivity contribution >= 4 is 17.2 Å². The third-order valence-electron chi connectivity index (χ3n) is 4.83. The highest BCUT2D eigenvalue weighted by atomic mass is 32.1. The quantitative estimate of drug-likeness (QED) is 0.866. The van der Waals surface area contributed by atoms with Crippen LogP contribution < -0.4 is 5.32 Å². The Hall–Kier alpha value is -1.62. The Labute approximate surface area is 148 Å². The standard InChI is InChI=1S/C19H27N3OS/c1-3-22-13-9-12-16(22)19-20-14(2)17(24-19)18(23)21-15-10-7-5-4-6-8-11-15/h9,12-13,15H,3-8,10-11H2,1-2H3,(H,21,23). The normalized spacial score (nSPS) is 16.6. The molecule has 0 aromatic carbocycles. The third-order valence-corrected chi connectivity index (χ3v) is 6.01. The van der Waals surface area contributed by atoms with E-state index in [9.17, 15) is 4.79 Å². The monoisotopic (exact) mass is 345 g/mol. The minimum absolute atomic E-state index is 0.0522. The van der Waals surface area contributed by atoms with Gasteiger partial charge in [0.05, 0.1) is 11.4 Å². The van der Waals surface area contributed by atoms with Crippen LogP contribution in [0.5, 0.6) is 0 Å². The summed E-state index contributed by atoms with van der Waals surface area (Å²) in [5.74, 6) is 0.0522. The SMILES string of the molecule is CCn1cccc1-c1nc(C)c(C(=O)NC2CCCCCCC2)s1. The van der Waals surface area contributed by atoms with Gasteiger partial charge in [-0.05, 0) is 38.8 Å². The van der Waals surface area contributed by atoms with Gasteiger partial charge in [-0.25, -0.2) is 4.98 Å². The molecule has 0 aliphatic heterocycles. The molecule has 24 heavy (non-hydrogen) atoms. The van der Waals surface area contributed by atoms with Crippen LogP contribution in [-0.2, 0) is 6.54 Å². The van der Waals surface area contributed by atoms with Crippen LogP contribution in [0, 0.1) is 6.92 Å². The predicted octanol–water partition coefficient (Wildman–Crippen LogP) is 4.78. The van der Waals surface area contributed by atoms with E-state index in [1.807, 2.05) is 13.0 Å². The number of nitrogens with zero attached hydrogens (tertiary/aromatic N) is 2. The average molecular weight is 346 g/mol. The molecule has 1 aliphatic rings. The minimum atomic E-state index is 0.0522. The van der Waals surface area contributed by atoms with E-state index in [4.69, 9.17) is 0 Å². The number of nitrogens with one attached hydrogen (secondary N) is 1. The molecule has 0 spiro atoms. The number of aryl methyl sites for hydroxylation is 2. The lowest BCUT2D eigenvalue weighted by atomic mass is 9.97. The summed E-state index contributed by atoms with van der Waals surface area (Å²) in [6, 6.07) is 4.42. The van der Waals surface area contributed by atoms with Crippen LogP contribution >= 0.6 is 11.3 Å². The topological polar surface area (TPSA) is 46.9 Å². The number of carbonyl (C=O) groups is 1. The van der Waals surface area contributed by atoms with Crippen LogP contribution in [0.15, 0.2) is 18.3 Å². The molecule has 1 amide bonds. The molecule has 130 valence electrons. The van der Waals surface area contributed by atoms with Crippen molar-refractivity contribution in [2.45, 2.75) is 71.4 Å². The molecule has 2 heterocycles. The Bertz CT molecular complexity index is 681. The summed E-state index contributed by atoms with van der Waals surface area (Å²) >= 11 is 1.51. The van der Waals surface area contributed by atoms with E-state index in [2.05, 4.69) is 34.1 Å². The van der Waals surface area contributed by atoms with E-state index in [1.54, 1.807) is 0 Å². The van der Waals surface area contributed by atoms with E-state index in [0.29, 0.717) is 6.04 Å². The molecule has 1 fully saturated rings. The Balaban J connectivity index is 1.73. The fraction of sp³-hybridized carbons (Fsp3) is 0.579. The van der Waals surface area contributed by atoms with Gasteiger partial charge in [0, 0.05) is 18.8 Å². The largest absolute Gasteiger partial charge is 0.349 e. The number of rotatable bonds is 4. The van der Waals surface area contributed by atoms with Crippen LogP contribution in [0.3, 0.4) is 0 Å². The van der Waals surface area contributed by atoms with Crippen molar-refractivity contribution < 1.29 is 4.79 Å². The van der Waals surface area contributed by atoms with E-state index >= 15 is 0 Å². The molecule has 2 aromatic heterocycles. The first kappa shape index (κ1) is 17.2.